The summed E-state index contributed by atoms with van der Waals surface area (Å²) >= 11 is 0. The van der Waals surface area contributed by atoms with Crippen molar-refractivity contribution in [2.45, 2.75) is 0 Å². The van der Waals surface area contributed by atoms with Gasteiger partial charge in [0.05, 0.1) is 16.4 Å². The minimum Gasteiger partial charge on any atom is -0.456 e. The van der Waals surface area contributed by atoms with Crippen LogP contribution >= 0.6 is 0 Å². The average molecular weight is 512 g/mol. The quantitative estimate of drug-likeness (QED) is 0.237. The standard InChI is InChI=1S/C36H21N3O/c37-21-27-16-15-26(22-38-27)24-8-5-7-23(19-24)25-9-6-10-28(20-25)39-32-13-3-1-11-29(32)30-17-18-34-35(36(30)39)31-12-2-4-14-33(31)40-34/h1-20,22H. The number of nitriles is 1. The van der Waals surface area contributed by atoms with Crippen LogP contribution in [0.1, 0.15) is 5.69 Å². The smallest absolute Gasteiger partial charge is 0.140 e. The van der Waals surface area contributed by atoms with E-state index in [4.69, 9.17) is 9.68 Å². The molecule has 5 aromatic carbocycles. The van der Waals surface area contributed by atoms with Crippen LogP contribution in [0.4, 0.5) is 0 Å². The summed E-state index contributed by atoms with van der Waals surface area (Å²) in [5, 5.41) is 13.8. The molecule has 8 rings (SSSR count). The Kier molecular flexibility index (Phi) is 4.85. The maximum atomic E-state index is 9.11. The van der Waals surface area contributed by atoms with Crippen molar-refractivity contribution in [3.63, 3.8) is 0 Å². The van der Waals surface area contributed by atoms with Crippen LogP contribution in [-0.4, -0.2) is 9.55 Å². The van der Waals surface area contributed by atoms with Crippen LogP contribution in [0, 0.1) is 11.3 Å². The van der Waals surface area contributed by atoms with E-state index in [1.165, 1.54) is 10.8 Å². The third kappa shape index (κ3) is 3.35. The predicted octanol–water partition coefficient (Wildman–Crippen LogP) is 9.28. The SMILES string of the molecule is N#Cc1ccc(-c2cccc(-c3cccc(-n4c5ccccc5c5ccc6oc7ccccc7c6c54)c3)c2)cn1. The van der Waals surface area contributed by atoms with Crippen LogP contribution in [-0.2, 0) is 0 Å². The molecule has 0 atom stereocenters. The first kappa shape index (κ1) is 22.3. The predicted molar refractivity (Wildman–Crippen MR) is 161 cm³/mol. The highest BCUT2D eigenvalue weighted by Crippen LogP contribution is 2.41. The van der Waals surface area contributed by atoms with E-state index in [9.17, 15) is 0 Å². The van der Waals surface area contributed by atoms with Crippen molar-refractivity contribution in [1.29, 1.82) is 5.26 Å². The number of para-hydroxylation sites is 2. The molecule has 0 bridgehead atoms. The zero-order valence-corrected chi connectivity index (χ0v) is 21.4. The van der Waals surface area contributed by atoms with Gasteiger partial charge in [-0.2, -0.15) is 5.26 Å². The summed E-state index contributed by atoms with van der Waals surface area (Å²) in [6, 6.07) is 44.0. The van der Waals surface area contributed by atoms with Gasteiger partial charge < -0.3 is 8.98 Å². The number of rotatable bonds is 3. The zero-order chi connectivity index (χ0) is 26.6. The molecule has 0 aliphatic heterocycles. The van der Waals surface area contributed by atoms with E-state index in [0.717, 1.165) is 60.9 Å². The Morgan fingerprint density at radius 1 is 0.600 bits per heavy atom. The minimum atomic E-state index is 0.415. The van der Waals surface area contributed by atoms with Crippen molar-refractivity contribution in [1.82, 2.24) is 9.55 Å². The van der Waals surface area contributed by atoms with Gasteiger partial charge in [0.15, 0.2) is 0 Å². The largest absolute Gasteiger partial charge is 0.456 e. The first-order valence-corrected chi connectivity index (χ1v) is 13.2. The lowest BCUT2D eigenvalue weighted by Crippen LogP contribution is -1.95. The number of fused-ring (bicyclic) bond motifs is 7. The number of benzene rings is 5. The summed E-state index contributed by atoms with van der Waals surface area (Å²) in [5.74, 6) is 0. The number of hydrogen-bond donors (Lipinski definition) is 0. The molecule has 0 aliphatic rings. The van der Waals surface area contributed by atoms with Crippen LogP contribution in [0.15, 0.2) is 132 Å². The molecule has 4 heteroatoms. The lowest BCUT2D eigenvalue weighted by Gasteiger charge is -2.12. The third-order valence-electron chi connectivity index (χ3n) is 7.69. The van der Waals surface area contributed by atoms with Gasteiger partial charge in [0.25, 0.3) is 0 Å². The molecule has 0 unspecified atom stereocenters. The van der Waals surface area contributed by atoms with E-state index in [2.05, 4.69) is 113 Å². The number of hydrogen-bond acceptors (Lipinski definition) is 3. The number of furan rings is 1. The molecule has 0 fully saturated rings. The molecule has 0 saturated heterocycles. The molecular formula is C36H21N3O. The average Bonchev–Trinajstić information content (AvgIpc) is 3.57. The van der Waals surface area contributed by atoms with Crippen molar-refractivity contribution in [3.8, 4) is 34.0 Å². The number of aromatic nitrogens is 2. The lowest BCUT2D eigenvalue weighted by molar-refractivity contribution is 0.669. The summed E-state index contributed by atoms with van der Waals surface area (Å²) < 4.78 is 8.64. The summed E-state index contributed by atoms with van der Waals surface area (Å²) in [4.78, 5) is 4.25. The molecule has 0 amide bonds. The molecule has 0 N–H and O–H groups in total. The second kappa shape index (κ2) is 8.69. The van der Waals surface area contributed by atoms with Crippen LogP contribution < -0.4 is 0 Å². The Hall–Kier alpha value is -5.66. The highest BCUT2D eigenvalue weighted by atomic mass is 16.3. The molecule has 186 valence electrons. The number of nitrogens with zero attached hydrogens (tertiary/aromatic N) is 3. The monoisotopic (exact) mass is 511 g/mol. The van der Waals surface area contributed by atoms with Gasteiger partial charge in [0.1, 0.15) is 22.9 Å². The highest BCUT2D eigenvalue weighted by molar-refractivity contribution is 6.24. The zero-order valence-electron chi connectivity index (χ0n) is 21.4. The molecule has 4 nitrogen and oxygen atoms in total. The van der Waals surface area contributed by atoms with Crippen LogP contribution in [0.2, 0.25) is 0 Å². The van der Waals surface area contributed by atoms with E-state index in [1.54, 1.807) is 12.3 Å². The molecule has 8 aromatic rings. The molecule has 0 spiro atoms. The Bertz CT molecular complexity index is 2280. The maximum absolute atomic E-state index is 9.11. The van der Waals surface area contributed by atoms with Crippen molar-refractivity contribution in [3.05, 3.63) is 133 Å². The molecule has 0 saturated carbocycles. The van der Waals surface area contributed by atoms with Crippen molar-refractivity contribution in [2.75, 3.05) is 0 Å². The van der Waals surface area contributed by atoms with E-state index in [1.807, 2.05) is 18.2 Å². The molecular weight excluding hydrogens is 490 g/mol. The van der Waals surface area contributed by atoms with Gasteiger partial charge in [0.2, 0.25) is 0 Å². The van der Waals surface area contributed by atoms with Gasteiger partial charge >= 0.3 is 0 Å². The maximum Gasteiger partial charge on any atom is 0.140 e. The van der Waals surface area contributed by atoms with Gasteiger partial charge in [-0.3, -0.25) is 0 Å². The van der Waals surface area contributed by atoms with Crippen molar-refractivity contribution in [2.24, 2.45) is 0 Å². The first-order valence-electron chi connectivity index (χ1n) is 13.2. The van der Waals surface area contributed by atoms with Crippen LogP contribution in [0.5, 0.6) is 0 Å². The van der Waals surface area contributed by atoms with Gasteiger partial charge in [0, 0.05) is 33.6 Å². The van der Waals surface area contributed by atoms with Crippen LogP contribution in [0.25, 0.3) is 71.7 Å². The molecule has 0 radical (unpaired) electrons. The van der Waals surface area contributed by atoms with Crippen molar-refractivity contribution >= 4 is 43.7 Å². The fraction of sp³-hybridized carbons (Fsp3) is 0. The van der Waals surface area contributed by atoms with Crippen LogP contribution in [0.3, 0.4) is 0 Å². The van der Waals surface area contributed by atoms with Gasteiger partial charge in [-0.05, 0) is 71.3 Å². The molecule has 0 aliphatic carbocycles. The van der Waals surface area contributed by atoms with Gasteiger partial charge in [-0.15, -0.1) is 0 Å². The fourth-order valence-electron chi connectivity index (χ4n) is 5.87. The normalized spacial score (nSPS) is 11.5. The Morgan fingerprint density at radius 2 is 1.35 bits per heavy atom. The summed E-state index contributed by atoms with van der Waals surface area (Å²) in [6.07, 6.45) is 1.76. The van der Waals surface area contributed by atoms with Gasteiger partial charge in [-0.1, -0.05) is 66.7 Å². The fourth-order valence-corrected chi connectivity index (χ4v) is 5.87. The Morgan fingerprint density at radius 3 is 2.17 bits per heavy atom. The van der Waals surface area contributed by atoms with Gasteiger partial charge in [-0.25, -0.2) is 4.98 Å². The molecule has 3 heterocycles. The topological polar surface area (TPSA) is 54.8 Å². The van der Waals surface area contributed by atoms with Crippen molar-refractivity contribution < 1.29 is 4.42 Å². The van der Waals surface area contributed by atoms with E-state index >= 15 is 0 Å². The Balaban J connectivity index is 1.36. The summed E-state index contributed by atoms with van der Waals surface area (Å²) in [5.41, 5.74) is 9.87. The van der Waals surface area contributed by atoms with E-state index < -0.39 is 0 Å². The molecule has 3 aromatic heterocycles. The minimum absolute atomic E-state index is 0.415. The second-order valence-electron chi connectivity index (χ2n) is 9.96. The van der Waals surface area contributed by atoms with E-state index in [0.29, 0.717) is 5.69 Å². The first-order chi connectivity index (χ1) is 19.8. The van der Waals surface area contributed by atoms with E-state index in [-0.39, 0.29) is 0 Å². The third-order valence-corrected chi connectivity index (χ3v) is 7.69. The Labute approximate surface area is 230 Å². The summed E-state index contributed by atoms with van der Waals surface area (Å²) in [7, 11) is 0. The molecule has 40 heavy (non-hydrogen) atoms. The summed E-state index contributed by atoms with van der Waals surface area (Å²) in [6.45, 7) is 0. The number of pyridine rings is 1. The second-order valence-corrected chi connectivity index (χ2v) is 9.96. The lowest BCUT2D eigenvalue weighted by atomic mass is 9.99. The highest BCUT2D eigenvalue weighted by Gasteiger charge is 2.19.